The lowest BCUT2D eigenvalue weighted by molar-refractivity contribution is -0.274. The van der Waals surface area contributed by atoms with E-state index in [1.54, 1.807) is 0 Å². The predicted molar refractivity (Wildman–Crippen MR) is 51.1 cm³/mol. The highest BCUT2D eigenvalue weighted by Gasteiger charge is 2.32. The average Bonchev–Trinajstić information content (AvgIpc) is 2.26. The standard InChI is InChI=1S/C10H7F3O5/c11-10(12,13)18-7-2-1-5(3-6(7)4-14)8(15)9(16)17/h1-4,8,15H,(H,16,17). The van der Waals surface area contributed by atoms with Gasteiger partial charge < -0.3 is 14.9 Å². The quantitative estimate of drug-likeness (QED) is 0.805. The number of rotatable bonds is 4. The van der Waals surface area contributed by atoms with Gasteiger partial charge >= 0.3 is 12.3 Å². The molecule has 18 heavy (non-hydrogen) atoms. The first kappa shape index (κ1) is 14.0. The number of carbonyl (C=O) groups is 2. The molecule has 1 aromatic carbocycles. The molecule has 0 saturated carbocycles. The van der Waals surface area contributed by atoms with Gasteiger partial charge in [0, 0.05) is 0 Å². The zero-order valence-electron chi connectivity index (χ0n) is 8.64. The number of hydrogen-bond donors (Lipinski definition) is 2. The third-order valence-corrected chi connectivity index (χ3v) is 1.94. The van der Waals surface area contributed by atoms with E-state index in [4.69, 9.17) is 10.2 Å². The Balaban J connectivity index is 3.11. The summed E-state index contributed by atoms with van der Waals surface area (Å²) >= 11 is 0. The molecule has 0 fully saturated rings. The number of aliphatic hydroxyl groups excluding tert-OH is 1. The number of carboxylic acid groups (broad SMARTS) is 1. The molecule has 98 valence electrons. The Bertz CT molecular complexity index is 469. The largest absolute Gasteiger partial charge is 0.573 e. The van der Waals surface area contributed by atoms with Crippen molar-refractivity contribution in [3.8, 4) is 5.75 Å². The van der Waals surface area contributed by atoms with Crippen molar-refractivity contribution < 1.29 is 37.7 Å². The molecule has 0 radical (unpaired) electrons. The van der Waals surface area contributed by atoms with E-state index in [-0.39, 0.29) is 11.8 Å². The second-order valence-electron chi connectivity index (χ2n) is 3.20. The maximum Gasteiger partial charge on any atom is 0.573 e. The first-order valence-corrected chi connectivity index (χ1v) is 4.50. The molecule has 8 heteroatoms. The zero-order valence-corrected chi connectivity index (χ0v) is 8.64. The van der Waals surface area contributed by atoms with Gasteiger partial charge in [-0.05, 0) is 17.7 Å². The first-order valence-electron chi connectivity index (χ1n) is 4.50. The van der Waals surface area contributed by atoms with E-state index in [0.717, 1.165) is 18.2 Å². The molecule has 0 aliphatic carbocycles. The third-order valence-electron chi connectivity index (χ3n) is 1.94. The number of carboxylic acids is 1. The molecule has 1 atom stereocenters. The van der Waals surface area contributed by atoms with Gasteiger partial charge in [0.05, 0.1) is 5.56 Å². The van der Waals surface area contributed by atoms with Crippen molar-refractivity contribution in [1.29, 1.82) is 0 Å². The van der Waals surface area contributed by atoms with E-state index in [1.807, 2.05) is 0 Å². The first-order chi connectivity index (χ1) is 8.24. The van der Waals surface area contributed by atoms with Crippen LogP contribution in [0, 0.1) is 0 Å². The number of aldehydes is 1. The fourth-order valence-corrected chi connectivity index (χ4v) is 1.19. The highest BCUT2D eigenvalue weighted by Crippen LogP contribution is 2.27. The molecule has 0 spiro atoms. The van der Waals surface area contributed by atoms with Crippen LogP contribution in [0.2, 0.25) is 0 Å². The van der Waals surface area contributed by atoms with Crippen molar-refractivity contribution in [2.45, 2.75) is 12.5 Å². The lowest BCUT2D eigenvalue weighted by Gasteiger charge is -2.12. The molecule has 0 amide bonds. The highest BCUT2D eigenvalue weighted by molar-refractivity contribution is 5.81. The highest BCUT2D eigenvalue weighted by atomic mass is 19.4. The summed E-state index contributed by atoms with van der Waals surface area (Å²) in [5, 5.41) is 17.7. The number of halogens is 3. The smallest absolute Gasteiger partial charge is 0.479 e. The number of alkyl halides is 3. The van der Waals surface area contributed by atoms with Gasteiger partial charge in [-0.25, -0.2) is 4.79 Å². The van der Waals surface area contributed by atoms with E-state index in [9.17, 15) is 22.8 Å². The molecule has 1 unspecified atom stereocenters. The molecule has 1 aromatic rings. The van der Waals surface area contributed by atoms with E-state index >= 15 is 0 Å². The summed E-state index contributed by atoms with van der Waals surface area (Å²) in [6, 6.07) is 2.50. The summed E-state index contributed by atoms with van der Waals surface area (Å²) in [4.78, 5) is 21.0. The maximum absolute atomic E-state index is 12.0. The topological polar surface area (TPSA) is 83.8 Å². The summed E-state index contributed by atoms with van der Waals surface area (Å²) in [6.45, 7) is 0. The van der Waals surface area contributed by atoms with Crippen LogP contribution >= 0.6 is 0 Å². The number of benzene rings is 1. The molecule has 2 N–H and O–H groups in total. The summed E-state index contributed by atoms with van der Waals surface area (Å²) in [5.74, 6) is -2.35. The van der Waals surface area contributed by atoms with Crippen molar-refractivity contribution in [2.75, 3.05) is 0 Å². The lowest BCUT2D eigenvalue weighted by atomic mass is 10.1. The van der Waals surface area contributed by atoms with Crippen LogP contribution in [0.3, 0.4) is 0 Å². The molecule has 1 rings (SSSR count). The second-order valence-corrected chi connectivity index (χ2v) is 3.20. The number of hydrogen-bond acceptors (Lipinski definition) is 4. The van der Waals surface area contributed by atoms with Crippen LogP contribution in [0.15, 0.2) is 18.2 Å². The minimum atomic E-state index is -4.97. The van der Waals surface area contributed by atoms with E-state index in [1.165, 1.54) is 0 Å². The van der Waals surface area contributed by atoms with Gasteiger partial charge in [-0.2, -0.15) is 0 Å². The Hall–Kier alpha value is -2.09. The second kappa shape index (κ2) is 5.05. The molecule has 0 aromatic heterocycles. The summed E-state index contributed by atoms with van der Waals surface area (Å²) in [6.07, 6.45) is -6.83. The molecule has 0 aliphatic heterocycles. The molecular weight excluding hydrogens is 257 g/mol. The molecule has 0 saturated heterocycles. The van der Waals surface area contributed by atoms with Gasteiger partial charge in [0.1, 0.15) is 5.75 Å². The number of ether oxygens (including phenoxy) is 1. The normalized spacial score (nSPS) is 12.9. The number of carbonyl (C=O) groups excluding carboxylic acids is 1. The van der Waals surface area contributed by atoms with Crippen molar-refractivity contribution in [3.05, 3.63) is 29.3 Å². The zero-order chi connectivity index (χ0) is 13.9. The van der Waals surface area contributed by atoms with Crippen LogP contribution in [0.1, 0.15) is 22.0 Å². The van der Waals surface area contributed by atoms with Crippen LogP contribution < -0.4 is 4.74 Å². The maximum atomic E-state index is 12.0. The van der Waals surface area contributed by atoms with Crippen LogP contribution in [0.4, 0.5) is 13.2 Å². The Kier molecular flexibility index (Phi) is 3.92. The van der Waals surface area contributed by atoms with E-state index < -0.39 is 29.7 Å². The molecule has 0 bridgehead atoms. The van der Waals surface area contributed by atoms with Gasteiger partial charge in [0.2, 0.25) is 0 Å². The Morgan fingerprint density at radius 1 is 1.39 bits per heavy atom. The van der Waals surface area contributed by atoms with Crippen molar-refractivity contribution in [1.82, 2.24) is 0 Å². The third kappa shape index (κ3) is 3.45. The van der Waals surface area contributed by atoms with Gasteiger partial charge in [0.15, 0.2) is 12.4 Å². The number of aliphatic hydroxyl groups is 1. The lowest BCUT2D eigenvalue weighted by Crippen LogP contribution is -2.18. The molecular formula is C10H7F3O5. The Labute approximate surface area is 98.4 Å². The minimum Gasteiger partial charge on any atom is -0.479 e. The van der Waals surface area contributed by atoms with Crippen LogP contribution in [0.25, 0.3) is 0 Å². The number of aliphatic carboxylic acids is 1. The van der Waals surface area contributed by atoms with E-state index in [0.29, 0.717) is 0 Å². The Morgan fingerprint density at radius 3 is 2.44 bits per heavy atom. The fraction of sp³-hybridized carbons (Fsp3) is 0.200. The van der Waals surface area contributed by atoms with Crippen LogP contribution in [-0.2, 0) is 4.79 Å². The van der Waals surface area contributed by atoms with Gasteiger partial charge in [0.25, 0.3) is 0 Å². The van der Waals surface area contributed by atoms with Gasteiger partial charge in [-0.3, -0.25) is 4.79 Å². The monoisotopic (exact) mass is 264 g/mol. The van der Waals surface area contributed by atoms with Crippen molar-refractivity contribution in [3.63, 3.8) is 0 Å². The average molecular weight is 264 g/mol. The Morgan fingerprint density at radius 2 is 2.00 bits per heavy atom. The van der Waals surface area contributed by atoms with Gasteiger partial charge in [-0.1, -0.05) is 6.07 Å². The minimum absolute atomic E-state index is 0.0686. The van der Waals surface area contributed by atoms with Crippen molar-refractivity contribution in [2.24, 2.45) is 0 Å². The SMILES string of the molecule is O=Cc1cc(C(O)C(=O)O)ccc1OC(F)(F)F. The molecule has 5 nitrogen and oxygen atoms in total. The predicted octanol–water partition coefficient (Wildman–Crippen LogP) is 1.52. The summed E-state index contributed by atoms with van der Waals surface area (Å²) in [5.41, 5.74) is -0.732. The van der Waals surface area contributed by atoms with Crippen molar-refractivity contribution >= 4 is 12.3 Å². The summed E-state index contributed by atoms with van der Waals surface area (Å²) in [7, 11) is 0. The van der Waals surface area contributed by atoms with Crippen LogP contribution in [0.5, 0.6) is 5.75 Å². The molecule has 0 aliphatic rings. The van der Waals surface area contributed by atoms with Crippen LogP contribution in [-0.4, -0.2) is 28.8 Å². The van der Waals surface area contributed by atoms with E-state index in [2.05, 4.69) is 4.74 Å². The van der Waals surface area contributed by atoms with Gasteiger partial charge in [-0.15, -0.1) is 13.2 Å². The molecule has 0 heterocycles. The fourth-order valence-electron chi connectivity index (χ4n) is 1.19. The summed E-state index contributed by atoms with van der Waals surface area (Å²) < 4.78 is 39.4.